The molecule has 2 fully saturated rings. The molecule has 0 saturated heterocycles. The van der Waals surface area contributed by atoms with E-state index >= 15 is 0 Å². The monoisotopic (exact) mass is 266 g/mol. The molecule has 19 heavy (non-hydrogen) atoms. The van der Waals surface area contributed by atoms with Crippen molar-refractivity contribution in [2.24, 2.45) is 23.7 Å². The lowest BCUT2D eigenvalue weighted by molar-refractivity contribution is -0.0134. The summed E-state index contributed by atoms with van der Waals surface area (Å²) in [7, 11) is 0. The van der Waals surface area contributed by atoms with Gasteiger partial charge in [-0.2, -0.15) is 0 Å². The van der Waals surface area contributed by atoms with Crippen LogP contribution in [0.4, 0.5) is 0 Å². The summed E-state index contributed by atoms with van der Waals surface area (Å²) in [6.45, 7) is 4.61. The first kappa shape index (κ1) is 15.4. The first-order valence-electron chi connectivity index (χ1n) is 8.94. The fourth-order valence-corrected chi connectivity index (χ4v) is 4.77. The molecule has 1 heteroatoms. The van der Waals surface area contributed by atoms with E-state index in [1.165, 1.54) is 70.6 Å². The lowest BCUT2D eigenvalue weighted by atomic mass is 9.68. The predicted molar refractivity (Wildman–Crippen MR) is 82.1 cm³/mol. The smallest absolute Gasteiger partial charge is 0.0599 e. The standard InChI is InChI=1S/C18H34O/c1-3-7-14-10-12-16(13-11-14)18(19)17-9-6-5-8-15(17)4-2/h14-19H,3-13H2,1-2H3. The van der Waals surface area contributed by atoms with E-state index in [-0.39, 0.29) is 6.10 Å². The van der Waals surface area contributed by atoms with Gasteiger partial charge in [-0.15, -0.1) is 0 Å². The molecule has 1 nitrogen and oxygen atoms in total. The second kappa shape index (κ2) is 7.67. The summed E-state index contributed by atoms with van der Waals surface area (Å²) < 4.78 is 0. The van der Waals surface area contributed by atoms with E-state index in [0.717, 1.165) is 11.8 Å². The Morgan fingerprint density at radius 3 is 2.26 bits per heavy atom. The minimum Gasteiger partial charge on any atom is -0.393 e. The summed E-state index contributed by atoms with van der Waals surface area (Å²) in [5, 5.41) is 10.8. The van der Waals surface area contributed by atoms with Gasteiger partial charge in [0.2, 0.25) is 0 Å². The van der Waals surface area contributed by atoms with Crippen LogP contribution in [0.2, 0.25) is 0 Å². The Kier molecular flexibility index (Phi) is 6.19. The highest BCUT2D eigenvalue weighted by Gasteiger charge is 2.35. The van der Waals surface area contributed by atoms with Gasteiger partial charge in [-0.25, -0.2) is 0 Å². The van der Waals surface area contributed by atoms with Gasteiger partial charge in [0.05, 0.1) is 6.10 Å². The van der Waals surface area contributed by atoms with Gasteiger partial charge >= 0.3 is 0 Å². The van der Waals surface area contributed by atoms with Crippen LogP contribution >= 0.6 is 0 Å². The Bertz CT molecular complexity index is 242. The van der Waals surface area contributed by atoms with Crippen LogP contribution in [0.1, 0.15) is 84.5 Å². The van der Waals surface area contributed by atoms with Gasteiger partial charge in [-0.3, -0.25) is 0 Å². The van der Waals surface area contributed by atoms with Crippen LogP contribution in [-0.4, -0.2) is 11.2 Å². The average Bonchev–Trinajstić information content (AvgIpc) is 2.47. The van der Waals surface area contributed by atoms with Gasteiger partial charge < -0.3 is 5.11 Å². The van der Waals surface area contributed by atoms with Crippen molar-refractivity contribution in [1.82, 2.24) is 0 Å². The van der Waals surface area contributed by atoms with Gasteiger partial charge in [0.25, 0.3) is 0 Å². The lowest BCUT2D eigenvalue weighted by Gasteiger charge is -2.40. The normalized spacial score (nSPS) is 38.1. The first-order chi connectivity index (χ1) is 9.26. The van der Waals surface area contributed by atoms with Crippen LogP contribution in [0.3, 0.4) is 0 Å². The van der Waals surface area contributed by atoms with Crippen LogP contribution in [0, 0.1) is 23.7 Å². The number of aliphatic hydroxyl groups excluding tert-OH is 1. The van der Waals surface area contributed by atoms with Crippen molar-refractivity contribution < 1.29 is 5.11 Å². The van der Waals surface area contributed by atoms with Crippen molar-refractivity contribution in [1.29, 1.82) is 0 Å². The van der Waals surface area contributed by atoms with Crippen LogP contribution < -0.4 is 0 Å². The van der Waals surface area contributed by atoms with E-state index in [0.29, 0.717) is 11.8 Å². The molecular weight excluding hydrogens is 232 g/mol. The first-order valence-corrected chi connectivity index (χ1v) is 8.94. The van der Waals surface area contributed by atoms with E-state index in [9.17, 15) is 5.11 Å². The highest BCUT2D eigenvalue weighted by Crippen LogP contribution is 2.41. The van der Waals surface area contributed by atoms with Crippen LogP contribution in [0.5, 0.6) is 0 Å². The molecule has 3 unspecified atom stereocenters. The molecule has 0 aliphatic heterocycles. The van der Waals surface area contributed by atoms with Crippen molar-refractivity contribution in [2.45, 2.75) is 90.6 Å². The van der Waals surface area contributed by atoms with E-state index in [2.05, 4.69) is 13.8 Å². The maximum Gasteiger partial charge on any atom is 0.0599 e. The van der Waals surface area contributed by atoms with Gasteiger partial charge in [-0.05, 0) is 42.9 Å². The second-order valence-corrected chi connectivity index (χ2v) is 7.18. The van der Waals surface area contributed by atoms with E-state index < -0.39 is 0 Å². The molecule has 0 aromatic carbocycles. The Morgan fingerprint density at radius 2 is 1.63 bits per heavy atom. The minimum atomic E-state index is 0.00725. The molecule has 2 rings (SSSR count). The van der Waals surface area contributed by atoms with E-state index in [4.69, 9.17) is 0 Å². The third-order valence-corrected chi connectivity index (χ3v) is 6.00. The molecule has 3 atom stereocenters. The minimum absolute atomic E-state index is 0.00725. The van der Waals surface area contributed by atoms with E-state index in [1.807, 2.05) is 0 Å². The third kappa shape index (κ3) is 3.97. The van der Waals surface area contributed by atoms with Gasteiger partial charge in [-0.1, -0.05) is 65.2 Å². The van der Waals surface area contributed by atoms with Gasteiger partial charge in [0, 0.05) is 0 Å². The van der Waals surface area contributed by atoms with Crippen molar-refractivity contribution in [3.05, 3.63) is 0 Å². The lowest BCUT2D eigenvalue weighted by Crippen LogP contribution is -2.37. The van der Waals surface area contributed by atoms with Crippen molar-refractivity contribution in [3.8, 4) is 0 Å². The molecule has 1 N–H and O–H groups in total. The molecule has 0 aromatic heterocycles. The third-order valence-electron chi connectivity index (χ3n) is 6.00. The molecular formula is C18H34O. The highest BCUT2D eigenvalue weighted by molar-refractivity contribution is 4.86. The zero-order valence-electron chi connectivity index (χ0n) is 13.1. The Morgan fingerprint density at radius 1 is 0.947 bits per heavy atom. The Hall–Kier alpha value is -0.0400. The molecule has 0 aromatic rings. The quantitative estimate of drug-likeness (QED) is 0.728. The van der Waals surface area contributed by atoms with Gasteiger partial charge in [0.1, 0.15) is 0 Å². The largest absolute Gasteiger partial charge is 0.393 e. The Balaban J connectivity index is 1.84. The van der Waals surface area contributed by atoms with Crippen molar-refractivity contribution in [3.63, 3.8) is 0 Å². The summed E-state index contributed by atoms with van der Waals surface area (Å²) in [6, 6.07) is 0. The Labute approximate surface area is 120 Å². The summed E-state index contributed by atoms with van der Waals surface area (Å²) in [6.07, 6.45) is 14.7. The SMILES string of the molecule is CCCC1CCC(C(O)C2CCCCC2CC)CC1. The fraction of sp³-hybridized carbons (Fsp3) is 1.00. The summed E-state index contributed by atoms with van der Waals surface area (Å²) in [5.41, 5.74) is 0. The average molecular weight is 266 g/mol. The predicted octanol–water partition coefficient (Wildman–Crippen LogP) is 5.17. The summed E-state index contributed by atoms with van der Waals surface area (Å²) in [5.74, 6) is 3.00. The summed E-state index contributed by atoms with van der Waals surface area (Å²) in [4.78, 5) is 0. The molecule has 112 valence electrons. The van der Waals surface area contributed by atoms with Gasteiger partial charge in [0.15, 0.2) is 0 Å². The van der Waals surface area contributed by atoms with Crippen molar-refractivity contribution >= 4 is 0 Å². The topological polar surface area (TPSA) is 20.2 Å². The second-order valence-electron chi connectivity index (χ2n) is 7.18. The molecule has 0 spiro atoms. The van der Waals surface area contributed by atoms with Crippen LogP contribution in [-0.2, 0) is 0 Å². The number of rotatable bonds is 5. The fourth-order valence-electron chi connectivity index (χ4n) is 4.77. The van der Waals surface area contributed by atoms with Crippen LogP contribution in [0.15, 0.2) is 0 Å². The number of hydrogen-bond acceptors (Lipinski definition) is 1. The zero-order valence-corrected chi connectivity index (χ0v) is 13.1. The van der Waals surface area contributed by atoms with E-state index in [1.54, 1.807) is 0 Å². The zero-order chi connectivity index (χ0) is 13.7. The maximum absolute atomic E-state index is 10.8. The molecule has 2 aliphatic rings. The molecule has 0 bridgehead atoms. The van der Waals surface area contributed by atoms with Crippen LogP contribution in [0.25, 0.3) is 0 Å². The van der Waals surface area contributed by atoms with Crippen molar-refractivity contribution in [2.75, 3.05) is 0 Å². The molecule has 2 aliphatic carbocycles. The summed E-state index contributed by atoms with van der Waals surface area (Å²) >= 11 is 0. The molecule has 0 radical (unpaired) electrons. The molecule has 0 amide bonds. The molecule has 0 heterocycles. The highest BCUT2D eigenvalue weighted by atomic mass is 16.3. The number of aliphatic hydroxyl groups is 1. The molecule has 2 saturated carbocycles. The number of hydrogen-bond donors (Lipinski definition) is 1. The maximum atomic E-state index is 10.8.